The number of hydrogen-bond acceptors (Lipinski definition) is 7. The van der Waals surface area contributed by atoms with E-state index >= 15 is 0 Å². The molecule has 1 saturated heterocycles. The molecule has 1 aliphatic heterocycles. The summed E-state index contributed by atoms with van der Waals surface area (Å²) in [4.78, 5) is 12.7. The van der Waals surface area contributed by atoms with Gasteiger partial charge in [-0.05, 0) is 30.5 Å². The number of aryl methyl sites for hydroxylation is 1. The molecule has 0 saturated carbocycles. The van der Waals surface area contributed by atoms with Gasteiger partial charge in [0.1, 0.15) is 11.9 Å². The van der Waals surface area contributed by atoms with E-state index in [4.69, 9.17) is 9.47 Å². The summed E-state index contributed by atoms with van der Waals surface area (Å²) >= 11 is 0. The van der Waals surface area contributed by atoms with E-state index < -0.39 is 11.0 Å². The number of nitrogens with zero attached hydrogens (tertiary/aromatic N) is 4. The Hall–Kier alpha value is -2.65. The summed E-state index contributed by atoms with van der Waals surface area (Å²) in [6, 6.07) is 7.58. The Labute approximate surface area is 157 Å². The second kappa shape index (κ2) is 8.36. The van der Waals surface area contributed by atoms with Crippen LogP contribution in [-0.2, 0) is 18.4 Å². The Balaban J connectivity index is 1.64. The highest BCUT2D eigenvalue weighted by Gasteiger charge is 2.30. The minimum Gasteiger partial charge on any atom is -0.497 e. The van der Waals surface area contributed by atoms with Gasteiger partial charge in [-0.2, -0.15) is 5.10 Å². The second-order valence-electron chi connectivity index (χ2n) is 6.56. The van der Waals surface area contributed by atoms with Gasteiger partial charge in [0.2, 0.25) is 5.82 Å². The highest BCUT2D eigenvalue weighted by atomic mass is 16.6. The molecule has 1 aromatic heterocycles. The summed E-state index contributed by atoms with van der Waals surface area (Å²) in [5.74, 6) is 1.24. The third-order valence-electron chi connectivity index (χ3n) is 4.82. The molecule has 1 aromatic carbocycles. The first kappa shape index (κ1) is 19.1. The van der Waals surface area contributed by atoms with E-state index in [2.05, 4.69) is 5.10 Å². The Morgan fingerprint density at radius 3 is 2.67 bits per heavy atom. The number of methoxy groups -OCH3 is 1. The lowest BCUT2D eigenvalue weighted by molar-refractivity contribution is -0.384. The maximum Gasteiger partial charge on any atom is 0.331 e. The number of hydrogen-bond donors (Lipinski definition) is 1. The van der Waals surface area contributed by atoms with Crippen molar-refractivity contribution in [3.8, 4) is 5.75 Å². The zero-order valence-corrected chi connectivity index (χ0v) is 15.4. The van der Waals surface area contributed by atoms with Gasteiger partial charge in [-0.25, -0.2) is 4.68 Å². The highest BCUT2D eigenvalue weighted by molar-refractivity contribution is 5.57. The van der Waals surface area contributed by atoms with Crippen LogP contribution in [0.15, 0.2) is 30.5 Å². The smallest absolute Gasteiger partial charge is 0.331 e. The number of anilines is 1. The van der Waals surface area contributed by atoms with Gasteiger partial charge in [-0.15, -0.1) is 0 Å². The van der Waals surface area contributed by atoms with Gasteiger partial charge in [0.25, 0.3) is 0 Å². The molecule has 0 unspecified atom stereocenters. The van der Waals surface area contributed by atoms with E-state index in [0.717, 1.165) is 11.3 Å². The molecule has 9 nitrogen and oxygen atoms in total. The minimum atomic E-state index is -0.625. The fourth-order valence-corrected chi connectivity index (χ4v) is 3.31. The average molecular weight is 376 g/mol. The number of ether oxygens (including phenoxy) is 2. The van der Waals surface area contributed by atoms with Crippen molar-refractivity contribution in [1.82, 2.24) is 9.78 Å². The molecule has 0 amide bonds. The third kappa shape index (κ3) is 4.37. The van der Waals surface area contributed by atoms with Crippen LogP contribution in [0.3, 0.4) is 0 Å². The number of nitro groups is 1. The quantitative estimate of drug-likeness (QED) is 0.606. The number of aromatic nitrogens is 2. The maximum atomic E-state index is 11.2. The van der Waals surface area contributed by atoms with Crippen molar-refractivity contribution in [2.24, 2.45) is 7.05 Å². The topological polar surface area (TPSA) is 103 Å². The van der Waals surface area contributed by atoms with E-state index in [1.807, 2.05) is 29.2 Å². The van der Waals surface area contributed by atoms with Gasteiger partial charge in [0.05, 0.1) is 30.8 Å². The highest BCUT2D eigenvalue weighted by Crippen LogP contribution is 2.29. The van der Waals surface area contributed by atoms with Gasteiger partial charge in [-0.3, -0.25) is 10.1 Å². The molecular formula is C18H24N4O5. The summed E-state index contributed by atoms with van der Waals surface area (Å²) < 4.78 is 12.6. The fourth-order valence-electron chi connectivity index (χ4n) is 3.31. The van der Waals surface area contributed by atoms with Crippen LogP contribution in [0, 0.1) is 10.1 Å². The van der Waals surface area contributed by atoms with Crippen molar-refractivity contribution >= 4 is 11.5 Å². The number of aliphatic hydroxyl groups is 1. The molecule has 9 heteroatoms. The van der Waals surface area contributed by atoms with Crippen molar-refractivity contribution in [3.05, 3.63) is 46.1 Å². The molecule has 2 atom stereocenters. The van der Waals surface area contributed by atoms with Crippen LogP contribution in [0.1, 0.15) is 18.4 Å². The van der Waals surface area contributed by atoms with E-state index in [9.17, 15) is 15.2 Å². The predicted octanol–water partition coefficient (Wildman–Crippen LogP) is 1.88. The molecule has 2 aromatic rings. The second-order valence-corrected chi connectivity index (χ2v) is 6.56. The number of aliphatic hydroxyl groups excluding tert-OH is 1. The lowest BCUT2D eigenvalue weighted by Gasteiger charge is -2.21. The molecule has 0 bridgehead atoms. The van der Waals surface area contributed by atoms with Gasteiger partial charge >= 0.3 is 5.69 Å². The number of rotatable bonds is 6. The largest absolute Gasteiger partial charge is 0.497 e. The first-order valence-electron chi connectivity index (χ1n) is 8.83. The van der Waals surface area contributed by atoms with Gasteiger partial charge in [-0.1, -0.05) is 12.1 Å². The zero-order chi connectivity index (χ0) is 19.4. The molecule has 1 fully saturated rings. The molecule has 0 aliphatic carbocycles. The lowest BCUT2D eigenvalue weighted by atomic mass is 10.1. The predicted molar refractivity (Wildman–Crippen MR) is 98.9 cm³/mol. The first-order chi connectivity index (χ1) is 13.0. The SMILES string of the molecule is COc1ccc(CO[C@@H]2CCN(c3c([N+](=O)[O-])cnn3C)CC[C@H]2O)cc1. The minimum absolute atomic E-state index is 0.0235. The standard InChI is InChI=1S/C18H24N4O5/c1-20-18(15(11-19-20)22(24)25)21-9-7-16(23)17(8-10-21)27-12-13-3-5-14(26-2)6-4-13/h3-6,11,16-17,23H,7-10,12H2,1-2H3/t16-,17-/m1/s1. The van der Waals surface area contributed by atoms with Crippen molar-refractivity contribution < 1.29 is 19.5 Å². The third-order valence-corrected chi connectivity index (χ3v) is 4.82. The van der Waals surface area contributed by atoms with Crippen LogP contribution in [0.25, 0.3) is 0 Å². The van der Waals surface area contributed by atoms with Crippen molar-refractivity contribution in [1.29, 1.82) is 0 Å². The van der Waals surface area contributed by atoms with E-state index in [-0.39, 0.29) is 11.8 Å². The maximum absolute atomic E-state index is 11.2. The Morgan fingerprint density at radius 1 is 1.30 bits per heavy atom. The van der Waals surface area contributed by atoms with Crippen LogP contribution >= 0.6 is 0 Å². The summed E-state index contributed by atoms with van der Waals surface area (Å²) in [6.07, 6.45) is 1.34. The van der Waals surface area contributed by atoms with Crippen LogP contribution in [0.2, 0.25) is 0 Å². The van der Waals surface area contributed by atoms with E-state index in [1.54, 1.807) is 14.2 Å². The normalized spacial score (nSPS) is 20.3. The summed E-state index contributed by atoms with van der Waals surface area (Å²) in [7, 11) is 3.30. The lowest BCUT2D eigenvalue weighted by Crippen LogP contribution is -2.28. The molecule has 2 heterocycles. The summed E-state index contributed by atoms with van der Waals surface area (Å²) in [6.45, 7) is 1.44. The fraction of sp³-hybridized carbons (Fsp3) is 0.500. The molecule has 0 spiro atoms. The van der Waals surface area contributed by atoms with Gasteiger partial charge in [0, 0.05) is 20.1 Å². The summed E-state index contributed by atoms with van der Waals surface area (Å²) in [5.41, 5.74) is 0.968. The Bertz CT molecular complexity index is 777. The monoisotopic (exact) mass is 376 g/mol. The molecule has 1 aliphatic rings. The average Bonchev–Trinajstić information content (AvgIpc) is 2.96. The molecule has 0 radical (unpaired) electrons. The first-order valence-corrected chi connectivity index (χ1v) is 8.83. The van der Waals surface area contributed by atoms with Crippen LogP contribution in [0.5, 0.6) is 5.75 Å². The zero-order valence-electron chi connectivity index (χ0n) is 15.4. The molecule has 3 rings (SSSR count). The molecule has 27 heavy (non-hydrogen) atoms. The van der Waals surface area contributed by atoms with Crippen molar-refractivity contribution in [2.75, 3.05) is 25.1 Å². The molecule has 146 valence electrons. The van der Waals surface area contributed by atoms with E-state index in [1.165, 1.54) is 10.9 Å². The van der Waals surface area contributed by atoms with Crippen LogP contribution < -0.4 is 9.64 Å². The van der Waals surface area contributed by atoms with Crippen molar-refractivity contribution in [2.45, 2.75) is 31.7 Å². The van der Waals surface area contributed by atoms with E-state index in [0.29, 0.717) is 38.4 Å². The Morgan fingerprint density at radius 2 is 2.00 bits per heavy atom. The van der Waals surface area contributed by atoms with Crippen LogP contribution in [-0.4, -0.2) is 52.2 Å². The van der Waals surface area contributed by atoms with Crippen LogP contribution in [0.4, 0.5) is 11.5 Å². The Kier molecular flexibility index (Phi) is 5.92. The van der Waals surface area contributed by atoms with Gasteiger partial charge in [0.15, 0.2) is 0 Å². The molecule has 1 N–H and O–H groups in total. The van der Waals surface area contributed by atoms with Gasteiger partial charge < -0.3 is 19.5 Å². The van der Waals surface area contributed by atoms with Crippen molar-refractivity contribution in [3.63, 3.8) is 0 Å². The molecular weight excluding hydrogens is 352 g/mol. The summed E-state index contributed by atoms with van der Waals surface area (Å²) in [5, 5.41) is 25.7. The number of benzene rings is 1.